The third-order valence-corrected chi connectivity index (χ3v) is 4.78. The van der Waals surface area contributed by atoms with E-state index in [0.717, 1.165) is 26.0 Å². The zero-order valence-corrected chi connectivity index (χ0v) is 13.5. The summed E-state index contributed by atoms with van der Waals surface area (Å²) in [6.07, 6.45) is 2.28. The lowest BCUT2D eigenvalue weighted by Gasteiger charge is -2.26. The van der Waals surface area contributed by atoms with Crippen LogP contribution in [0, 0.1) is 5.92 Å². The first-order chi connectivity index (χ1) is 11.2. The van der Waals surface area contributed by atoms with E-state index < -0.39 is 0 Å². The van der Waals surface area contributed by atoms with Crippen LogP contribution in [-0.2, 0) is 16.1 Å². The minimum atomic E-state index is -0.307. The minimum absolute atomic E-state index is 0.0161. The first kappa shape index (κ1) is 16.4. The van der Waals surface area contributed by atoms with E-state index in [0.29, 0.717) is 26.1 Å². The number of likely N-dealkylation sites (tertiary alicyclic amines) is 1. The van der Waals surface area contributed by atoms with Gasteiger partial charge in [0.2, 0.25) is 5.91 Å². The molecule has 2 heterocycles. The Hall–Kier alpha value is -1.43. The number of amides is 1. The highest BCUT2D eigenvalue weighted by Gasteiger charge is 2.31. The fourth-order valence-electron chi connectivity index (χ4n) is 3.49. The SMILES string of the molecule is O=C(NCC1CC(O)CN1Cc1ccccc1)C1CCCOC1. The van der Waals surface area contributed by atoms with Crippen molar-refractivity contribution < 1.29 is 14.6 Å². The van der Waals surface area contributed by atoms with Crippen molar-refractivity contribution in [1.82, 2.24) is 10.2 Å². The maximum atomic E-state index is 12.2. The van der Waals surface area contributed by atoms with Crippen molar-refractivity contribution in [3.8, 4) is 0 Å². The van der Waals surface area contributed by atoms with Gasteiger partial charge < -0.3 is 15.2 Å². The lowest BCUT2D eigenvalue weighted by molar-refractivity contribution is -0.129. The average molecular weight is 318 g/mol. The van der Waals surface area contributed by atoms with Crippen molar-refractivity contribution >= 4 is 5.91 Å². The number of aliphatic hydroxyl groups is 1. The molecule has 23 heavy (non-hydrogen) atoms. The second kappa shape index (κ2) is 7.90. The predicted molar refractivity (Wildman–Crippen MR) is 87.8 cm³/mol. The van der Waals surface area contributed by atoms with Crippen molar-refractivity contribution in [3.05, 3.63) is 35.9 Å². The van der Waals surface area contributed by atoms with E-state index in [2.05, 4.69) is 22.3 Å². The van der Waals surface area contributed by atoms with Crippen molar-refractivity contribution in [3.63, 3.8) is 0 Å². The Morgan fingerprint density at radius 2 is 2.17 bits per heavy atom. The molecule has 0 radical (unpaired) electrons. The van der Waals surface area contributed by atoms with Crippen LogP contribution in [0.2, 0.25) is 0 Å². The van der Waals surface area contributed by atoms with Gasteiger partial charge in [0, 0.05) is 32.3 Å². The van der Waals surface area contributed by atoms with Gasteiger partial charge >= 0.3 is 0 Å². The molecule has 2 aliphatic rings. The molecule has 126 valence electrons. The molecule has 1 aromatic carbocycles. The molecule has 1 amide bonds. The maximum Gasteiger partial charge on any atom is 0.225 e. The molecular weight excluding hydrogens is 292 g/mol. The van der Waals surface area contributed by atoms with E-state index in [9.17, 15) is 9.90 Å². The van der Waals surface area contributed by atoms with E-state index >= 15 is 0 Å². The van der Waals surface area contributed by atoms with Crippen LogP contribution in [-0.4, -0.2) is 54.4 Å². The summed E-state index contributed by atoms with van der Waals surface area (Å²) in [6, 6.07) is 10.5. The molecule has 0 aliphatic carbocycles. The minimum Gasteiger partial charge on any atom is -0.392 e. The molecule has 0 spiro atoms. The second-order valence-corrected chi connectivity index (χ2v) is 6.62. The van der Waals surface area contributed by atoms with Crippen molar-refractivity contribution in [2.75, 3.05) is 26.3 Å². The highest BCUT2D eigenvalue weighted by molar-refractivity contribution is 5.78. The Kier molecular flexibility index (Phi) is 5.65. The summed E-state index contributed by atoms with van der Waals surface area (Å²) >= 11 is 0. The normalized spacial score (nSPS) is 28.7. The van der Waals surface area contributed by atoms with E-state index in [1.54, 1.807) is 0 Å². The Balaban J connectivity index is 1.51. The molecule has 2 aliphatic heterocycles. The first-order valence-electron chi connectivity index (χ1n) is 8.54. The molecule has 0 bridgehead atoms. The molecule has 0 aromatic heterocycles. The van der Waals surface area contributed by atoms with Crippen molar-refractivity contribution in [2.45, 2.75) is 38.0 Å². The van der Waals surface area contributed by atoms with Gasteiger partial charge in [-0.15, -0.1) is 0 Å². The Labute approximate surface area is 137 Å². The molecule has 1 aromatic rings. The number of benzene rings is 1. The van der Waals surface area contributed by atoms with E-state index in [1.807, 2.05) is 18.2 Å². The topological polar surface area (TPSA) is 61.8 Å². The summed E-state index contributed by atoms with van der Waals surface area (Å²) in [5.74, 6) is 0.0726. The fraction of sp³-hybridized carbons (Fsp3) is 0.611. The number of nitrogens with zero attached hydrogens (tertiary/aromatic N) is 1. The number of nitrogens with one attached hydrogen (secondary N) is 1. The highest BCUT2D eigenvalue weighted by Crippen LogP contribution is 2.20. The number of aliphatic hydroxyl groups excluding tert-OH is 1. The number of carbonyl (C=O) groups is 1. The van der Waals surface area contributed by atoms with Gasteiger partial charge in [0.15, 0.2) is 0 Å². The van der Waals surface area contributed by atoms with Crippen LogP contribution >= 0.6 is 0 Å². The molecule has 3 unspecified atom stereocenters. The number of hydrogen-bond donors (Lipinski definition) is 2. The summed E-state index contributed by atoms with van der Waals surface area (Å²) in [4.78, 5) is 14.5. The summed E-state index contributed by atoms with van der Waals surface area (Å²) in [5.41, 5.74) is 1.23. The van der Waals surface area contributed by atoms with Gasteiger partial charge in [0.25, 0.3) is 0 Å². The van der Waals surface area contributed by atoms with Gasteiger partial charge in [-0.2, -0.15) is 0 Å². The molecule has 2 fully saturated rings. The van der Waals surface area contributed by atoms with Crippen LogP contribution in [0.5, 0.6) is 0 Å². The maximum absolute atomic E-state index is 12.2. The number of carbonyl (C=O) groups excluding carboxylic acids is 1. The number of β-amino-alcohol motifs (C(OH)–C–C–N with tert-alkyl or cyclic N) is 1. The van der Waals surface area contributed by atoms with Gasteiger partial charge in [-0.05, 0) is 24.8 Å². The van der Waals surface area contributed by atoms with Gasteiger partial charge in [-0.3, -0.25) is 9.69 Å². The average Bonchev–Trinajstić information content (AvgIpc) is 2.94. The van der Waals surface area contributed by atoms with E-state index in [1.165, 1.54) is 5.56 Å². The standard InChI is InChI=1S/C18H26N2O3/c21-17-9-16(10-19-18(22)15-7-4-8-23-13-15)20(12-17)11-14-5-2-1-3-6-14/h1-3,5-6,15-17,21H,4,7-13H2,(H,19,22). The van der Waals surface area contributed by atoms with Crippen molar-refractivity contribution in [1.29, 1.82) is 0 Å². The zero-order valence-electron chi connectivity index (χ0n) is 13.5. The highest BCUT2D eigenvalue weighted by atomic mass is 16.5. The lowest BCUT2D eigenvalue weighted by atomic mass is 10.0. The van der Waals surface area contributed by atoms with Gasteiger partial charge in [-0.1, -0.05) is 30.3 Å². The Morgan fingerprint density at radius 1 is 1.35 bits per heavy atom. The molecule has 0 saturated carbocycles. The predicted octanol–water partition coefficient (Wildman–Crippen LogP) is 1.16. The van der Waals surface area contributed by atoms with Gasteiger partial charge in [0.05, 0.1) is 18.6 Å². The van der Waals surface area contributed by atoms with Crippen molar-refractivity contribution in [2.24, 2.45) is 5.92 Å². The number of hydrogen-bond acceptors (Lipinski definition) is 4. The summed E-state index contributed by atoms with van der Waals surface area (Å²) in [7, 11) is 0. The summed E-state index contributed by atoms with van der Waals surface area (Å²) in [5, 5.41) is 13.0. The smallest absolute Gasteiger partial charge is 0.225 e. The fourth-order valence-corrected chi connectivity index (χ4v) is 3.49. The van der Waals surface area contributed by atoms with Crippen LogP contribution in [0.4, 0.5) is 0 Å². The first-order valence-corrected chi connectivity index (χ1v) is 8.54. The summed E-state index contributed by atoms with van der Waals surface area (Å²) in [6.45, 7) is 3.38. The Morgan fingerprint density at radius 3 is 2.91 bits per heavy atom. The largest absolute Gasteiger partial charge is 0.392 e. The number of ether oxygens (including phenoxy) is 1. The zero-order chi connectivity index (χ0) is 16.1. The molecule has 5 nitrogen and oxygen atoms in total. The molecule has 2 N–H and O–H groups in total. The van der Waals surface area contributed by atoms with Crippen LogP contribution < -0.4 is 5.32 Å². The van der Waals surface area contributed by atoms with E-state index in [4.69, 9.17) is 4.74 Å². The molecule has 5 heteroatoms. The second-order valence-electron chi connectivity index (χ2n) is 6.62. The Bertz CT molecular complexity index is 502. The number of rotatable bonds is 5. The van der Waals surface area contributed by atoms with Crippen LogP contribution in [0.15, 0.2) is 30.3 Å². The van der Waals surface area contributed by atoms with Crippen LogP contribution in [0.25, 0.3) is 0 Å². The molecule has 3 atom stereocenters. The van der Waals surface area contributed by atoms with E-state index in [-0.39, 0.29) is 24.0 Å². The molecule has 3 rings (SSSR count). The lowest BCUT2D eigenvalue weighted by Crippen LogP contribution is -2.43. The monoisotopic (exact) mass is 318 g/mol. The van der Waals surface area contributed by atoms with Crippen LogP contribution in [0.1, 0.15) is 24.8 Å². The van der Waals surface area contributed by atoms with Gasteiger partial charge in [0.1, 0.15) is 0 Å². The van der Waals surface area contributed by atoms with Crippen LogP contribution in [0.3, 0.4) is 0 Å². The molecule has 2 saturated heterocycles. The summed E-state index contributed by atoms with van der Waals surface area (Å²) < 4.78 is 5.38. The third kappa shape index (κ3) is 4.53. The molecular formula is C18H26N2O3. The quantitative estimate of drug-likeness (QED) is 0.855. The third-order valence-electron chi connectivity index (χ3n) is 4.78. The van der Waals surface area contributed by atoms with Gasteiger partial charge in [-0.25, -0.2) is 0 Å².